The van der Waals surface area contributed by atoms with Crippen molar-refractivity contribution in [2.24, 2.45) is 5.92 Å². The second-order valence-corrected chi connectivity index (χ2v) is 12.7. The Balaban J connectivity index is 1.16. The first-order valence-electron chi connectivity index (χ1n) is 15.0. The molecule has 2 amide bonds. The van der Waals surface area contributed by atoms with Gasteiger partial charge in [-0.15, -0.1) is 0 Å². The van der Waals surface area contributed by atoms with Crippen LogP contribution in [0.4, 0.5) is 5.82 Å². The summed E-state index contributed by atoms with van der Waals surface area (Å²) in [5, 5.41) is 4.01. The highest BCUT2D eigenvalue weighted by Gasteiger charge is 2.29. The van der Waals surface area contributed by atoms with Crippen LogP contribution in [0.2, 0.25) is 5.15 Å². The summed E-state index contributed by atoms with van der Waals surface area (Å²) in [7, 11) is 0. The molecular formula is C33H40ClN5O2S. The smallest absolute Gasteiger partial charge is 0.230 e. The first-order valence-corrected chi connectivity index (χ1v) is 16.4. The molecule has 1 aromatic heterocycles. The SMILES string of the molecule is CC1CN(c2cc(Cl)nc(SCC(=O)NC(Cc3ccccc3)c3ccccc3)n2)CCN1C(=O)CCC1CCCC1. The molecule has 0 bridgehead atoms. The van der Waals surface area contributed by atoms with E-state index in [0.717, 1.165) is 29.3 Å². The molecule has 42 heavy (non-hydrogen) atoms. The van der Waals surface area contributed by atoms with Crippen molar-refractivity contribution >= 4 is 41.0 Å². The van der Waals surface area contributed by atoms with E-state index in [4.69, 9.17) is 16.6 Å². The molecule has 1 saturated heterocycles. The quantitative estimate of drug-likeness (QED) is 0.156. The van der Waals surface area contributed by atoms with Crippen molar-refractivity contribution in [3.05, 3.63) is 83.0 Å². The van der Waals surface area contributed by atoms with E-state index in [2.05, 4.69) is 34.3 Å². The third-order valence-corrected chi connectivity index (χ3v) is 9.37. The number of aromatic nitrogens is 2. The Labute approximate surface area is 258 Å². The Morgan fingerprint density at radius 1 is 1.02 bits per heavy atom. The van der Waals surface area contributed by atoms with Crippen molar-refractivity contribution in [3.63, 3.8) is 0 Å². The topological polar surface area (TPSA) is 78.4 Å². The summed E-state index contributed by atoms with van der Waals surface area (Å²) in [5.74, 6) is 1.80. The number of thioether (sulfide) groups is 1. The number of anilines is 1. The predicted molar refractivity (Wildman–Crippen MR) is 170 cm³/mol. The zero-order valence-corrected chi connectivity index (χ0v) is 25.8. The molecule has 5 rings (SSSR count). The maximum absolute atomic E-state index is 13.1. The lowest BCUT2D eigenvalue weighted by Crippen LogP contribution is -2.54. The van der Waals surface area contributed by atoms with Crippen LogP contribution in [0.5, 0.6) is 0 Å². The monoisotopic (exact) mass is 605 g/mol. The van der Waals surface area contributed by atoms with E-state index in [1.54, 1.807) is 6.07 Å². The Morgan fingerprint density at radius 2 is 1.74 bits per heavy atom. The lowest BCUT2D eigenvalue weighted by atomic mass is 9.99. The number of rotatable bonds is 11. The fourth-order valence-electron chi connectivity index (χ4n) is 6.07. The fraction of sp³-hybridized carbons (Fsp3) is 0.455. The third-order valence-electron chi connectivity index (χ3n) is 8.33. The molecular weight excluding hydrogens is 566 g/mol. The Hall–Kier alpha value is -3.10. The van der Waals surface area contributed by atoms with Crippen LogP contribution in [-0.4, -0.2) is 58.1 Å². The summed E-state index contributed by atoms with van der Waals surface area (Å²) in [6.45, 7) is 4.14. The Kier molecular flexibility index (Phi) is 10.8. The maximum Gasteiger partial charge on any atom is 0.230 e. The van der Waals surface area contributed by atoms with Crippen LogP contribution in [0.15, 0.2) is 71.9 Å². The summed E-state index contributed by atoms with van der Waals surface area (Å²) in [6, 6.07) is 21.9. The van der Waals surface area contributed by atoms with Crippen LogP contribution in [-0.2, 0) is 16.0 Å². The maximum atomic E-state index is 13.1. The van der Waals surface area contributed by atoms with Crippen molar-refractivity contribution in [1.29, 1.82) is 0 Å². The molecule has 2 aromatic carbocycles. The number of piperazine rings is 1. The number of nitrogens with zero attached hydrogens (tertiary/aromatic N) is 4. The van der Waals surface area contributed by atoms with Gasteiger partial charge in [0.25, 0.3) is 0 Å². The van der Waals surface area contributed by atoms with Gasteiger partial charge in [0, 0.05) is 38.2 Å². The van der Waals surface area contributed by atoms with E-state index in [-0.39, 0.29) is 29.7 Å². The Bertz CT molecular complexity index is 1320. The molecule has 1 aliphatic heterocycles. The number of halogens is 1. The molecule has 2 unspecified atom stereocenters. The second-order valence-electron chi connectivity index (χ2n) is 11.4. The van der Waals surface area contributed by atoms with Crippen molar-refractivity contribution in [2.45, 2.75) is 69.1 Å². The summed E-state index contributed by atoms with van der Waals surface area (Å²) >= 11 is 7.68. The van der Waals surface area contributed by atoms with Gasteiger partial charge in [-0.3, -0.25) is 9.59 Å². The highest BCUT2D eigenvalue weighted by molar-refractivity contribution is 7.99. The number of carbonyl (C=O) groups excluding carboxylic acids is 2. The Morgan fingerprint density at radius 3 is 2.45 bits per heavy atom. The largest absolute Gasteiger partial charge is 0.353 e. The highest BCUT2D eigenvalue weighted by atomic mass is 35.5. The van der Waals surface area contributed by atoms with E-state index < -0.39 is 0 Å². The van der Waals surface area contributed by atoms with Gasteiger partial charge in [-0.25, -0.2) is 9.97 Å². The van der Waals surface area contributed by atoms with E-state index in [1.807, 2.05) is 53.4 Å². The number of carbonyl (C=O) groups is 2. The lowest BCUT2D eigenvalue weighted by molar-refractivity contribution is -0.134. The van der Waals surface area contributed by atoms with Crippen LogP contribution in [0.1, 0.15) is 62.6 Å². The number of nitrogens with one attached hydrogen (secondary N) is 1. The average molecular weight is 606 g/mol. The molecule has 0 radical (unpaired) electrons. The molecule has 9 heteroatoms. The molecule has 3 aromatic rings. The van der Waals surface area contributed by atoms with Gasteiger partial charge in [0.05, 0.1) is 11.8 Å². The molecule has 2 atom stereocenters. The summed E-state index contributed by atoms with van der Waals surface area (Å²) < 4.78 is 0. The summed E-state index contributed by atoms with van der Waals surface area (Å²) in [6.07, 6.45) is 7.52. The fourth-order valence-corrected chi connectivity index (χ4v) is 6.96. The number of hydrogen-bond donors (Lipinski definition) is 1. The number of amides is 2. The van der Waals surface area contributed by atoms with E-state index in [1.165, 1.54) is 37.4 Å². The summed E-state index contributed by atoms with van der Waals surface area (Å²) in [4.78, 5) is 39.3. The minimum atomic E-state index is -0.142. The molecule has 2 aliphatic rings. The number of benzene rings is 2. The van der Waals surface area contributed by atoms with Gasteiger partial charge < -0.3 is 15.1 Å². The van der Waals surface area contributed by atoms with E-state index in [9.17, 15) is 9.59 Å². The minimum Gasteiger partial charge on any atom is -0.353 e. The van der Waals surface area contributed by atoms with Gasteiger partial charge >= 0.3 is 0 Å². The molecule has 222 valence electrons. The van der Waals surface area contributed by atoms with Crippen LogP contribution in [0.25, 0.3) is 0 Å². The minimum absolute atomic E-state index is 0.0879. The van der Waals surface area contributed by atoms with E-state index >= 15 is 0 Å². The zero-order valence-electron chi connectivity index (χ0n) is 24.3. The van der Waals surface area contributed by atoms with Gasteiger partial charge in [0.2, 0.25) is 11.8 Å². The standard InChI is InChI=1S/C33H40ClN5O2S/c1-24-22-38(18-19-39(24)32(41)17-16-25-10-8-9-11-25)30-21-29(34)36-33(37-30)42-23-31(40)35-28(27-14-6-3-7-15-27)20-26-12-4-2-5-13-26/h2-7,12-15,21,24-25,28H,8-11,16-20,22-23H2,1H3,(H,35,40). The van der Waals surface area contributed by atoms with Crippen LogP contribution >= 0.6 is 23.4 Å². The first-order chi connectivity index (χ1) is 20.4. The predicted octanol–water partition coefficient (Wildman–Crippen LogP) is 6.33. The highest BCUT2D eigenvalue weighted by Crippen LogP contribution is 2.29. The van der Waals surface area contributed by atoms with Crippen molar-refractivity contribution < 1.29 is 9.59 Å². The van der Waals surface area contributed by atoms with Crippen LogP contribution < -0.4 is 10.2 Å². The molecule has 7 nitrogen and oxygen atoms in total. The molecule has 2 heterocycles. The summed E-state index contributed by atoms with van der Waals surface area (Å²) in [5.41, 5.74) is 2.22. The molecule has 1 N–H and O–H groups in total. The van der Waals surface area contributed by atoms with Crippen molar-refractivity contribution in [3.8, 4) is 0 Å². The van der Waals surface area contributed by atoms with Crippen molar-refractivity contribution in [1.82, 2.24) is 20.2 Å². The first kappa shape index (κ1) is 30.4. The third kappa shape index (κ3) is 8.48. The van der Waals surface area contributed by atoms with Gasteiger partial charge in [0.15, 0.2) is 5.16 Å². The second kappa shape index (κ2) is 14.9. The lowest BCUT2D eigenvalue weighted by Gasteiger charge is -2.40. The van der Waals surface area contributed by atoms with Crippen LogP contribution in [0.3, 0.4) is 0 Å². The molecule has 1 aliphatic carbocycles. The van der Waals surface area contributed by atoms with Gasteiger partial charge in [-0.05, 0) is 36.8 Å². The molecule has 1 saturated carbocycles. The van der Waals surface area contributed by atoms with Gasteiger partial charge in [-0.2, -0.15) is 0 Å². The molecule has 0 spiro atoms. The normalized spacial score (nSPS) is 18.2. The van der Waals surface area contributed by atoms with Crippen molar-refractivity contribution in [2.75, 3.05) is 30.3 Å². The zero-order chi connectivity index (χ0) is 29.3. The van der Waals surface area contributed by atoms with Gasteiger partial charge in [0.1, 0.15) is 11.0 Å². The van der Waals surface area contributed by atoms with Crippen LogP contribution in [0, 0.1) is 5.92 Å². The average Bonchev–Trinajstić information content (AvgIpc) is 3.53. The van der Waals surface area contributed by atoms with E-state index in [0.29, 0.717) is 42.8 Å². The number of hydrogen-bond acceptors (Lipinski definition) is 6. The van der Waals surface area contributed by atoms with Gasteiger partial charge in [-0.1, -0.05) is 110 Å². The molecule has 2 fully saturated rings.